The third-order valence-electron chi connectivity index (χ3n) is 6.29. The maximum atomic E-state index is 15.2. The van der Waals surface area contributed by atoms with E-state index in [2.05, 4.69) is 26.8 Å². The Bertz CT molecular complexity index is 1260. The van der Waals surface area contributed by atoms with Crippen molar-refractivity contribution >= 4 is 11.7 Å². The molecule has 35 heavy (non-hydrogen) atoms. The fraction of sp³-hybridized carbons (Fsp3) is 0.333. The van der Waals surface area contributed by atoms with Gasteiger partial charge in [-0.05, 0) is 55.9 Å². The first-order chi connectivity index (χ1) is 17.0. The van der Waals surface area contributed by atoms with Crippen molar-refractivity contribution in [1.82, 2.24) is 19.9 Å². The van der Waals surface area contributed by atoms with Gasteiger partial charge in [-0.3, -0.25) is 4.79 Å². The van der Waals surface area contributed by atoms with E-state index in [1.54, 1.807) is 29.3 Å². The molecule has 180 valence electrons. The van der Waals surface area contributed by atoms with Crippen LogP contribution in [0.2, 0.25) is 0 Å². The number of aliphatic hydroxyl groups is 1. The van der Waals surface area contributed by atoms with Crippen molar-refractivity contribution in [2.75, 3.05) is 25.4 Å². The van der Waals surface area contributed by atoms with E-state index in [0.29, 0.717) is 53.6 Å². The van der Waals surface area contributed by atoms with Gasteiger partial charge >= 0.3 is 0 Å². The molecule has 1 aliphatic heterocycles. The van der Waals surface area contributed by atoms with E-state index in [1.807, 2.05) is 6.92 Å². The Labute approximate surface area is 204 Å². The molecule has 0 unspecified atom stereocenters. The Hall–Kier alpha value is -3.83. The molecule has 0 spiro atoms. The van der Waals surface area contributed by atoms with Gasteiger partial charge in [-0.25, -0.2) is 19.3 Å². The second-order valence-corrected chi connectivity index (χ2v) is 8.56. The van der Waals surface area contributed by atoms with Gasteiger partial charge in [-0.15, -0.1) is 0 Å². The lowest BCUT2D eigenvalue weighted by atomic mass is 9.93. The first-order valence-electron chi connectivity index (χ1n) is 11.8. The highest BCUT2D eigenvalue weighted by atomic mass is 19.1. The minimum Gasteiger partial charge on any atom is -0.396 e. The topological polar surface area (TPSA) is 105 Å². The molecule has 1 amide bonds. The molecule has 3 heterocycles. The molecule has 1 saturated heterocycles. The number of hydrogen-bond acceptors (Lipinski definition) is 6. The molecule has 8 heteroatoms. The predicted molar refractivity (Wildman–Crippen MR) is 132 cm³/mol. The smallest absolute Gasteiger partial charge is 0.256 e. The molecule has 1 aliphatic rings. The van der Waals surface area contributed by atoms with E-state index >= 15 is 4.39 Å². The number of nitrogens with two attached hydrogens (primary N) is 1. The molecule has 0 radical (unpaired) electrons. The zero-order valence-electron chi connectivity index (χ0n) is 19.7. The molecule has 0 aliphatic carbocycles. The number of piperidine rings is 1. The lowest BCUT2D eigenvalue weighted by molar-refractivity contribution is 0.0673. The van der Waals surface area contributed by atoms with Gasteiger partial charge in [-0.2, -0.15) is 0 Å². The second-order valence-electron chi connectivity index (χ2n) is 8.56. The first-order valence-corrected chi connectivity index (χ1v) is 11.8. The number of aliphatic hydroxyl groups excluding tert-OH is 1. The number of benzene rings is 1. The quantitative estimate of drug-likeness (QED) is 0.550. The van der Waals surface area contributed by atoms with Crippen molar-refractivity contribution in [2.45, 2.75) is 32.6 Å². The monoisotopic (exact) mass is 473 g/mol. The van der Waals surface area contributed by atoms with Crippen molar-refractivity contribution in [2.24, 2.45) is 5.92 Å². The van der Waals surface area contributed by atoms with Gasteiger partial charge < -0.3 is 15.7 Å². The number of aryl methyl sites for hydroxylation is 1. The summed E-state index contributed by atoms with van der Waals surface area (Å²) in [5, 5.41) is 9.13. The number of halogens is 1. The van der Waals surface area contributed by atoms with Crippen molar-refractivity contribution in [3.05, 3.63) is 71.1 Å². The highest BCUT2D eigenvalue weighted by molar-refractivity contribution is 5.95. The molecule has 3 N–H and O–H groups in total. The summed E-state index contributed by atoms with van der Waals surface area (Å²) in [4.78, 5) is 27.4. The summed E-state index contributed by atoms with van der Waals surface area (Å²) in [7, 11) is 0. The number of hydrogen-bond donors (Lipinski definition) is 2. The standard InChI is InChI=1S/C27H28FN5O2/c1-2-24-22(6-3-19-4-8-25(29)30-16-19)26(32-17-31-24)20-5-7-21(23(28)15-20)27(35)33-12-9-18(10-13-33)11-14-34/h4-5,7-8,15-18,34H,2,9-14H2,1H3,(H2,29,30). The number of nitrogen functional groups attached to an aromatic ring is 1. The van der Waals surface area contributed by atoms with Crippen LogP contribution in [0.5, 0.6) is 0 Å². The number of carbonyl (C=O) groups is 1. The lowest BCUT2D eigenvalue weighted by Gasteiger charge is -2.32. The summed E-state index contributed by atoms with van der Waals surface area (Å²) >= 11 is 0. The van der Waals surface area contributed by atoms with Crippen LogP contribution in [0.4, 0.5) is 10.2 Å². The van der Waals surface area contributed by atoms with Crippen LogP contribution >= 0.6 is 0 Å². The molecule has 0 atom stereocenters. The van der Waals surface area contributed by atoms with Crippen molar-refractivity contribution in [3.8, 4) is 23.1 Å². The lowest BCUT2D eigenvalue weighted by Crippen LogP contribution is -2.39. The maximum absolute atomic E-state index is 15.2. The summed E-state index contributed by atoms with van der Waals surface area (Å²) in [6, 6.07) is 8.00. The number of carbonyl (C=O) groups excluding carboxylic acids is 1. The number of amides is 1. The summed E-state index contributed by atoms with van der Waals surface area (Å²) < 4.78 is 15.2. The van der Waals surface area contributed by atoms with Crippen molar-refractivity contribution in [3.63, 3.8) is 0 Å². The summed E-state index contributed by atoms with van der Waals surface area (Å²) in [5.74, 6) is 6.08. The number of anilines is 1. The molecule has 0 saturated carbocycles. The fourth-order valence-electron chi connectivity index (χ4n) is 4.27. The highest BCUT2D eigenvalue weighted by Gasteiger charge is 2.25. The van der Waals surface area contributed by atoms with Gasteiger partial charge in [0.1, 0.15) is 18.0 Å². The Morgan fingerprint density at radius 2 is 1.97 bits per heavy atom. The van der Waals surface area contributed by atoms with E-state index in [4.69, 9.17) is 10.8 Å². The summed E-state index contributed by atoms with van der Waals surface area (Å²) in [6.45, 7) is 3.25. The average Bonchev–Trinajstić information content (AvgIpc) is 2.88. The SMILES string of the molecule is CCc1ncnc(-c2ccc(C(=O)N3CCC(CCO)CC3)c(F)c2)c1C#Cc1ccc(N)nc1. The van der Waals surface area contributed by atoms with Gasteiger partial charge in [0.25, 0.3) is 5.91 Å². The van der Waals surface area contributed by atoms with Gasteiger partial charge in [0.2, 0.25) is 0 Å². The summed E-state index contributed by atoms with van der Waals surface area (Å²) in [6.07, 6.45) is 6.03. The third-order valence-corrected chi connectivity index (χ3v) is 6.29. The molecule has 7 nitrogen and oxygen atoms in total. The largest absolute Gasteiger partial charge is 0.396 e. The zero-order chi connectivity index (χ0) is 24.8. The van der Waals surface area contributed by atoms with Crippen LogP contribution in [0.15, 0.2) is 42.9 Å². The minimum atomic E-state index is -0.594. The average molecular weight is 474 g/mol. The van der Waals surface area contributed by atoms with E-state index in [9.17, 15) is 4.79 Å². The van der Waals surface area contributed by atoms with E-state index in [0.717, 1.165) is 25.0 Å². The fourth-order valence-corrected chi connectivity index (χ4v) is 4.27. The third kappa shape index (κ3) is 5.64. The Morgan fingerprint density at radius 3 is 2.63 bits per heavy atom. The Morgan fingerprint density at radius 1 is 1.17 bits per heavy atom. The highest BCUT2D eigenvalue weighted by Crippen LogP contribution is 2.27. The van der Waals surface area contributed by atoms with Gasteiger partial charge in [0.05, 0.1) is 22.5 Å². The molecule has 0 bridgehead atoms. The molecule has 1 fully saturated rings. The van der Waals surface area contributed by atoms with Crippen LogP contribution in [-0.2, 0) is 6.42 Å². The van der Waals surface area contributed by atoms with E-state index in [1.165, 1.54) is 18.5 Å². The molecular formula is C27H28FN5O2. The zero-order valence-corrected chi connectivity index (χ0v) is 19.7. The van der Waals surface area contributed by atoms with E-state index < -0.39 is 5.82 Å². The van der Waals surface area contributed by atoms with Gasteiger partial charge in [0.15, 0.2) is 0 Å². The Balaban J connectivity index is 1.61. The number of nitrogens with zero attached hydrogens (tertiary/aromatic N) is 4. The first kappa shape index (κ1) is 24.3. The van der Waals surface area contributed by atoms with E-state index in [-0.39, 0.29) is 18.1 Å². The van der Waals surface area contributed by atoms with Crippen LogP contribution in [-0.4, -0.2) is 50.6 Å². The number of likely N-dealkylation sites (tertiary alicyclic amines) is 1. The molecule has 3 aromatic rings. The Kier molecular flexibility index (Phi) is 7.68. The van der Waals surface area contributed by atoms with Crippen molar-refractivity contribution in [1.29, 1.82) is 0 Å². The van der Waals surface area contributed by atoms with Gasteiger partial charge in [-0.1, -0.05) is 24.8 Å². The van der Waals surface area contributed by atoms with Crippen LogP contribution in [0.1, 0.15) is 53.4 Å². The maximum Gasteiger partial charge on any atom is 0.256 e. The molecule has 2 aromatic heterocycles. The van der Waals surface area contributed by atoms with Crippen LogP contribution < -0.4 is 5.73 Å². The molecule has 1 aromatic carbocycles. The van der Waals surface area contributed by atoms with Gasteiger partial charge in [0, 0.05) is 37.0 Å². The normalized spacial score (nSPS) is 13.9. The van der Waals surface area contributed by atoms with Crippen LogP contribution in [0, 0.1) is 23.6 Å². The molecular weight excluding hydrogens is 445 g/mol. The second kappa shape index (κ2) is 11.1. The molecule has 4 rings (SSSR count). The predicted octanol–water partition coefficient (Wildman–Crippen LogP) is 3.46. The van der Waals surface area contributed by atoms with Crippen molar-refractivity contribution < 1.29 is 14.3 Å². The summed E-state index contributed by atoms with van der Waals surface area (Å²) in [5.41, 5.74) is 8.76. The van der Waals surface area contributed by atoms with Crippen LogP contribution in [0.25, 0.3) is 11.3 Å². The van der Waals surface area contributed by atoms with Crippen LogP contribution in [0.3, 0.4) is 0 Å². The number of pyridine rings is 1. The number of rotatable bonds is 5. The minimum absolute atomic E-state index is 0.0414. The number of aromatic nitrogens is 3.